The molecule has 1 fully saturated rings. The van der Waals surface area contributed by atoms with Crippen molar-refractivity contribution in [3.63, 3.8) is 0 Å². The van der Waals surface area contributed by atoms with E-state index in [4.69, 9.17) is 5.73 Å². The van der Waals surface area contributed by atoms with Gasteiger partial charge in [0.05, 0.1) is 0 Å². The normalized spacial score (nSPS) is 24.2. The van der Waals surface area contributed by atoms with Crippen LogP contribution in [-0.4, -0.2) is 5.91 Å². The monoisotopic (exact) mass is 230 g/mol. The van der Waals surface area contributed by atoms with Crippen LogP contribution in [0.4, 0.5) is 5.69 Å². The molecule has 3 rings (SSSR count). The van der Waals surface area contributed by atoms with Crippen molar-refractivity contribution in [3.05, 3.63) is 29.3 Å². The van der Waals surface area contributed by atoms with Crippen molar-refractivity contribution in [2.24, 2.45) is 11.1 Å². The number of nitrogens with two attached hydrogens (primary N) is 1. The summed E-state index contributed by atoms with van der Waals surface area (Å²) in [7, 11) is 0. The molecule has 90 valence electrons. The van der Waals surface area contributed by atoms with E-state index in [0.29, 0.717) is 0 Å². The molecule has 1 atom stereocenters. The lowest BCUT2D eigenvalue weighted by molar-refractivity contribution is -0.120. The Bertz CT molecular complexity index is 477. The van der Waals surface area contributed by atoms with Gasteiger partial charge in [0.15, 0.2) is 0 Å². The van der Waals surface area contributed by atoms with Crippen molar-refractivity contribution < 1.29 is 4.79 Å². The minimum absolute atomic E-state index is 0.122. The summed E-state index contributed by atoms with van der Waals surface area (Å²) in [6.45, 7) is 2.03. The lowest BCUT2D eigenvalue weighted by atomic mass is 10.1. The van der Waals surface area contributed by atoms with Crippen LogP contribution >= 0.6 is 0 Å². The number of anilines is 1. The van der Waals surface area contributed by atoms with Crippen molar-refractivity contribution in [2.75, 3.05) is 5.32 Å². The molecule has 2 aliphatic rings. The summed E-state index contributed by atoms with van der Waals surface area (Å²) in [5.74, 6) is 0.159. The van der Waals surface area contributed by atoms with Crippen molar-refractivity contribution in [1.29, 1.82) is 0 Å². The van der Waals surface area contributed by atoms with E-state index in [0.717, 1.165) is 31.4 Å². The second-order valence-electron chi connectivity index (χ2n) is 5.53. The van der Waals surface area contributed by atoms with Crippen LogP contribution in [0.3, 0.4) is 0 Å². The summed E-state index contributed by atoms with van der Waals surface area (Å²) in [4.78, 5) is 12.0. The molecular formula is C14H18N2O. The number of hydrogen-bond acceptors (Lipinski definition) is 2. The van der Waals surface area contributed by atoms with Crippen LogP contribution in [0.1, 0.15) is 43.4 Å². The standard InChI is InChI=1S/C14H18N2O/c1-14(7-8-14)13(17)16-12-4-2-3-9-10(12)5-6-11(9)15/h2-4,11H,5-8,15H2,1H3,(H,16,17). The molecular weight excluding hydrogens is 212 g/mol. The predicted molar refractivity (Wildman–Crippen MR) is 67.7 cm³/mol. The summed E-state index contributed by atoms with van der Waals surface area (Å²) in [5.41, 5.74) is 9.31. The van der Waals surface area contributed by atoms with Crippen molar-refractivity contribution in [1.82, 2.24) is 0 Å². The van der Waals surface area contributed by atoms with Crippen LogP contribution in [0.15, 0.2) is 18.2 Å². The molecule has 0 bridgehead atoms. The van der Waals surface area contributed by atoms with E-state index in [1.807, 2.05) is 19.1 Å². The fourth-order valence-corrected chi connectivity index (χ4v) is 2.49. The zero-order chi connectivity index (χ0) is 12.0. The molecule has 2 aliphatic carbocycles. The second-order valence-corrected chi connectivity index (χ2v) is 5.53. The zero-order valence-electron chi connectivity index (χ0n) is 10.1. The Hall–Kier alpha value is -1.35. The first-order valence-corrected chi connectivity index (χ1v) is 6.29. The third kappa shape index (κ3) is 1.75. The minimum Gasteiger partial charge on any atom is -0.325 e. The van der Waals surface area contributed by atoms with Gasteiger partial charge < -0.3 is 11.1 Å². The summed E-state index contributed by atoms with van der Waals surface area (Å²) >= 11 is 0. The quantitative estimate of drug-likeness (QED) is 0.819. The molecule has 0 saturated heterocycles. The highest BCUT2D eigenvalue weighted by Crippen LogP contribution is 2.46. The first kappa shape index (κ1) is 10.8. The fourth-order valence-electron chi connectivity index (χ4n) is 2.49. The maximum absolute atomic E-state index is 12.0. The Labute approximate surface area is 101 Å². The molecule has 0 spiro atoms. The predicted octanol–water partition coefficient (Wildman–Crippen LogP) is 2.37. The van der Waals surface area contributed by atoms with Gasteiger partial charge >= 0.3 is 0 Å². The molecule has 1 aromatic rings. The average molecular weight is 230 g/mol. The molecule has 0 heterocycles. The van der Waals surface area contributed by atoms with E-state index in [-0.39, 0.29) is 17.4 Å². The maximum Gasteiger partial charge on any atom is 0.230 e. The van der Waals surface area contributed by atoms with Gasteiger partial charge in [0.25, 0.3) is 0 Å². The van der Waals surface area contributed by atoms with Gasteiger partial charge in [0.1, 0.15) is 0 Å². The van der Waals surface area contributed by atoms with E-state index in [1.165, 1.54) is 11.1 Å². The molecule has 1 amide bonds. The number of nitrogens with one attached hydrogen (secondary N) is 1. The number of carbonyl (C=O) groups is 1. The van der Waals surface area contributed by atoms with Gasteiger partial charge in [0.2, 0.25) is 5.91 Å². The van der Waals surface area contributed by atoms with E-state index in [9.17, 15) is 4.79 Å². The van der Waals surface area contributed by atoms with Crippen molar-refractivity contribution in [2.45, 2.75) is 38.6 Å². The minimum atomic E-state index is -0.122. The number of benzene rings is 1. The second kappa shape index (κ2) is 3.57. The fraction of sp³-hybridized carbons (Fsp3) is 0.500. The molecule has 1 unspecified atom stereocenters. The number of hydrogen-bond donors (Lipinski definition) is 2. The molecule has 1 aromatic carbocycles. The lowest BCUT2D eigenvalue weighted by Gasteiger charge is -2.14. The molecule has 0 aromatic heterocycles. The third-order valence-electron chi connectivity index (χ3n) is 4.11. The highest BCUT2D eigenvalue weighted by Gasteiger charge is 2.45. The Morgan fingerprint density at radius 2 is 2.24 bits per heavy atom. The molecule has 17 heavy (non-hydrogen) atoms. The highest BCUT2D eigenvalue weighted by molar-refractivity contribution is 5.97. The van der Waals surface area contributed by atoms with E-state index in [2.05, 4.69) is 11.4 Å². The summed E-state index contributed by atoms with van der Waals surface area (Å²) in [5, 5.41) is 3.07. The first-order chi connectivity index (χ1) is 8.10. The van der Waals surface area contributed by atoms with Crippen LogP contribution in [0.2, 0.25) is 0 Å². The van der Waals surface area contributed by atoms with Crippen molar-refractivity contribution >= 4 is 11.6 Å². The Morgan fingerprint density at radius 1 is 1.47 bits per heavy atom. The van der Waals surface area contributed by atoms with Gasteiger partial charge in [0, 0.05) is 17.1 Å². The molecule has 0 radical (unpaired) electrons. The molecule has 1 saturated carbocycles. The van der Waals surface area contributed by atoms with Gasteiger partial charge in [-0.05, 0) is 42.9 Å². The number of carbonyl (C=O) groups excluding carboxylic acids is 1. The Kier molecular flexibility index (Phi) is 2.26. The summed E-state index contributed by atoms with van der Waals surface area (Å²) in [6.07, 6.45) is 3.98. The van der Waals surface area contributed by atoms with Crippen LogP contribution in [0.25, 0.3) is 0 Å². The Morgan fingerprint density at radius 3 is 2.94 bits per heavy atom. The third-order valence-corrected chi connectivity index (χ3v) is 4.11. The number of amides is 1. The zero-order valence-corrected chi connectivity index (χ0v) is 10.1. The average Bonchev–Trinajstić information content (AvgIpc) is 2.95. The van der Waals surface area contributed by atoms with Crippen LogP contribution in [0, 0.1) is 5.41 Å². The largest absolute Gasteiger partial charge is 0.325 e. The van der Waals surface area contributed by atoms with Crippen LogP contribution in [0.5, 0.6) is 0 Å². The number of rotatable bonds is 2. The SMILES string of the molecule is CC1(C(=O)Nc2cccc3c2CCC3N)CC1. The lowest BCUT2D eigenvalue weighted by Crippen LogP contribution is -2.22. The van der Waals surface area contributed by atoms with Gasteiger partial charge in [-0.3, -0.25) is 4.79 Å². The van der Waals surface area contributed by atoms with Crippen molar-refractivity contribution in [3.8, 4) is 0 Å². The van der Waals surface area contributed by atoms with E-state index in [1.54, 1.807) is 0 Å². The molecule has 3 nitrogen and oxygen atoms in total. The first-order valence-electron chi connectivity index (χ1n) is 6.29. The summed E-state index contributed by atoms with van der Waals surface area (Å²) < 4.78 is 0. The van der Waals surface area contributed by atoms with Crippen LogP contribution in [-0.2, 0) is 11.2 Å². The van der Waals surface area contributed by atoms with Gasteiger partial charge in [-0.15, -0.1) is 0 Å². The maximum atomic E-state index is 12.0. The van der Waals surface area contributed by atoms with Gasteiger partial charge in [-0.2, -0.15) is 0 Å². The molecule has 3 heteroatoms. The van der Waals surface area contributed by atoms with E-state index < -0.39 is 0 Å². The van der Waals surface area contributed by atoms with E-state index >= 15 is 0 Å². The molecule has 0 aliphatic heterocycles. The number of fused-ring (bicyclic) bond motifs is 1. The molecule has 3 N–H and O–H groups in total. The topological polar surface area (TPSA) is 55.1 Å². The van der Waals surface area contributed by atoms with Gasteiger partial charge in [-0.25, -0.2) is 0 Å². The summed E-state index contributed by atoms with van der Waals surface area (Å²) in [6, 6.07) is 6.18. The Balaban J connectivity index is 1.87. The van der Waals surface area contributed by atoms with Crippen LogP contribution < -0.4 is 11.1 Å². The highest BCUT2D eigenvalue weighted by atomic mass is 16.2. The smallest absolute Gasteiger partial charge is 0.230 e. The van der Waals surface area contributed by atoms with Gasteiger partial charge in [-0.1, -0.05) is 19.1 Å².